The number of ether oxygens (including phenoxy) is 1. The minimum absolute atomic E-state index is 0.114. The summed E-state index contributed by atoms with van der Waals surface area (Å²) in [5.74, 6) is -1.14. The second-order valence-corrected chi connectivity index (χ2v) is 11.5. The van der Waals surface area contributed by atoms with Gasteiger partial charge in [0.1, 0.15) is 5.52 Å². The van der Waals surface area contributed by atoms with Crippen molar-refractivity contribution >= 4 is 23.0 Å². The van der Waals surface area contributed by atoms with Crippen molar-refractivity contribution < 1.29 is 19.4 Å². The topological polar surface area (TPSA) is 110 Å². The van der Waals surface area contributed by atoms with Gasteiger partial charge in [-0.15, -0.1) is 5.10 Å². The Bertz CT molecular complexity index is 1360. The minimum atomic E-state index is -0.655. The van der Waals surface area contributed by atoms with E-state index in [1.54, 1.807) is 0 Å². The van der Waals surface area contributed by atoms with Crippen LogP contribution in [-0.2, 0) is 33.8 Å². The van der Waals surface area contributed by atoms with Crippen LogP contribution in [0.2, 0.25) is 0 Å². The van der Waals surface area contributed by atoms with Crippen LogP contribution in [0.4, 0.5) is 0 Å². The van der Waals surface area contributed by atoms with Crippen molar-refractivity contribution in [3.05, 3.63) is 58.1 Å². The highest BCUT2D eigenvalue weighted by Gasteiger charge is 2.25. The summed E-state index contributed by atoms with van der Waals surface area (Å²) in [7, 11) is 0. The number of nitrogens with zero attached hydrogens (tertiary/aromatic N) is 4. The molecule has 1 fully saturated rings. The van der Waals surface area contributed by atoms with E-state index in [0.29, 0.717) is 6.61 Å². The van der Waals surface area contributed by atoms with Crippen LogP contribution in [0, 0.1) is 12.8 Å². The molecular weight excluding hydrogens is 518 g/mol. The summed E-state index contributed by atoms with van der Waals surface area (Å²) in [6.45, 7) is 9.74. The summed E-state index contributed by atoms with van der Waals surface area (Å²) in [6.07, 6.45) is 6.02. The van der Waals surface area contributed by atoms with E-state index in [0.717, 1.165) is 106 Å². The number of carboxylic acids is 1. The van der Waals surface area contributed by atoms with E-state index in [4.69, 9.17) is 4.74 Å². The van der Waals surface area contributed by atoms with E-state index in [1.165, 1.54) is 11.1 Å². The fraction of sp³-hybridized carbons (Fsp3) is 0.562. The highest BCUT2D eigenvalue weighted by molar-refractivity contribution is 5.80. The van der Waals surface area contributed by atoms with Crippen molar-refractivity contribution in [1.82, 2.24) is 25.2 Å². The van der Waals surface area contributed by atoms with Crippen molar-refractivity contribution in [1.29, 1.82) is 0 Å². The molecule has 5 rings (SSSR count). The Kier molecular flexibility index (Phi) is 9.67. The van der Waals surface area contributed by atoms with Crippen molar-refractivity contribution in [2.24, 2.45) is 5.92 Å². The summed E-state index contributed by atoms with van der Waals surface area (Å²) in [4.78, 5) is 26.2. The maximum atomic E-state index is 12.7. The normalized spacial score (nSPS) is 16.9. The molecule has 2 aliphatic rings. The lowest BCUT2D eigenvalue weighted by Gasteiger charge is -2.29. The zero-order valence-electron chi connectivity index (χ0n) is 24.4. The first kappa shape index (κ1) is 29.2. The van der Waals surface area contributed by atoms with Crippen LogP contribution >= 0.6 is 0 Å². The Hall–Kier alpha value is -3.30. The molecule has 2 N–H and O–H groups in total. The van der Waals surface area contributed by atoms with Gasteiger partial charge in [-0.05, 0) is 106 Å². The van der Waals surface area contributed by atoms with Crippen molar-refractivity contribution in [2.45, 2.75) is 77.8 Å². The van der Waals surface area contributed by atoms with E-state index in [2.05, 4.69) is 57.8 Å². The number of nitrogens with one attached hydrogen (secondary N) is 1. The van der Waals surface area contributed by atoms with Gasteiger partial charge in [0.05, 0.1) is 24.5 Å². The highest BCUT2D eigenvalue weighted by atomic mass is 16.5. The summed E-state index contributed by atoms with van der Waals surface area (Å²) in [6, 6.07) is 10.9. The summed E-state index contributed by atoms with van der Waals surface area (Å²) < 4.78 is 7.36. The van der Waals surface area contributed by atoms with Crippen LogP contribution in [0.3, 0.4) is 0 Å². The molecule has 9 nitrogen and oxygen atoms in total. The molecule has 0 radical (unpaired) electrons. The number of unbranched alkanes of at least 4 members (excludes halogenated alkanes) is 2. The fourth-order valence-electron chi connectivity index (χ4n) is 6.41. The van der Waals surface area contributed by atoms with Gasteiger partial charge in [-0.1, -0.05) is 35.9 Å². The summed E-state index contributed by atoms with van der Waals surface area (Å²) >= 11 is 0. The Morgan fingerprint density at radius 1 is 1.10 bits per heavy atom. The number of aryl methyl sites for hydroxylation is 2. The molecule has 1 unspecified atom stereocenters. The molecule has 3 aromatic rings. The quantitative estimate of drug-likeness (QED) is 0.247. The molecule has 220 valence electrons. The standard InChI is InChI=1S/C32H43N5O4/c1-3-41-30(38)20-28(25-8-7-23-11-14-33-21-26(23)19-25)27-9-10-29-31(22(27)2)34-35-37(29)16-6-4-5-15-36-17-12-24(13-18-36)32(39)40/h7-10,19,24,28,33H,3-6,11-18,20-21H2,1-2H3,(H,39,40). The van der Waals surface area contributed by atoms with Crippen LogP contribution in [0.15, 0.2) is 30.3 Å². The molecule has 1 saturated heterocycles. The smallest absolute Gasteiger partial charge is 0.306 e. The summed E-state index contributed by atoms with van der Waals surface area (Å²) in [5.41, 5.74) is 7.86. The molecule has 0 spiro atoms. The lowest BCUT2D eigenvalue weighted by atomic mass is 9.83. The van der Waals surface area contributed by atoms with E-state index in [1.807, 2.05) is 11.6 Å². The van der Waals surface area contributed by atoms with Gasteiger partial charge in [0.15, 0.2) is 0 Å². The van der Waals surface area contributed by atoms with E-state index in [9.17, 15) is 14.7 Å². The molecule has 0 bridgehead atoms. The molecular formula is C32H43N5O4. The SMILES string of the molecule is CCOC(=O)CC(c1ccc2c(c1)CNCC2)c1ccc2c(nnn2CCCCCN2CCC(C(=O)O)CC2)c1C. The largest absolute Gasteiger partial charge is 0.481 e. The number of hydrogen-bond donors (Lipinski definition) is 2. The van der Waals surface area contributed by atoms with Crippen LogP contribution in [0.25, 0.3) is 11.0 Å². The van der Waals surface area contributed by atoms with Crippen LogP contribution in [0.5, 0.6) is 0 Å². The number of likely N-dealkylation sites (tertiary alicyclic amines) is 1. The zero-order valence-corrected chi connectivity index (χ0v) is 24.4. The van der Waals surface area contributed by atoms with Crippen molar-refractivity contribution in [3.8, 4) is 0 Å². The van der Waals surface area contributed by atoms with Gasteiger partial charge in [-0.2, -0.15) is 0 Å². The van der Waals surface area contributed by atoms with Gasteiger partial charge in [-0.3, -0.25) is 9.59 Å². The molecule has 0 saturated carbocycles. The predicted octanol–water partition coefficient (Wildman–Crippen LogP) is 4.44. The van der Waals surface area contributed by atoms with Gasteiger partial charge in [-0.25, -0.2) is 4.68 Å². The van der Waals surface area contributed by atoms with Gasteiger partial charge >= 0.3 is 11.9 Å². The van der Waals surface area contributed by atoms with Gasteiger partial charge in [0.25, 0.3) is 0 Å². The number of fused-ring (bicyclic) bond motifs is 2. The van der Waals surface area contributed by atoms with E-state index in [-0.39, 0.29) is 24.2 Å². The first-order valence-electron chi connectivity index (χ1n) is 15.2. The van der Waals surface area contributed by atoms with Gasteiger partial charge in [0.2, 0.25) is 0 Å². The first-order chi connectivity index (χ1) is 19.9. The monoisotopic (exact) mass is 561 g/mol. The number of hydrogen-bond acceptors (Lipinski definition) is 7. The number of esters is 1. The van der Waals surface area contributed by atoms with Crippen molar-refractivity contribution in [2.75, 3.05) is 32.8 Å². The minimum Gasteiger partial charge on any atom is -0.481 e. The average molecular weight is 562 g/mol. The molecule has 1 aromatic heterocycles. The Morgan fingerprint density at radius 3 is 2.68 bits per heavy atom. The lowest BCUT2D eigenvalue weighted by Crippen LogP contribution is -2.36. The Labute approximate surface area is 242 Å². The number of carboxylic acid groups (broad SMARTS) is 1. The average Bonchev–Trinajstić information content (AvgIpc) is 3.40. The highest BCUT2D eigenvalue weighted by Crippen LogP contribution is 2.35. The number of piperidine rings is 1. The van der Waals surface area contributed by atoms with Gasteiger partial charge in [0, 0.05) is 19.0 Å². The third-order valence-corrected chi connectivity index (χ3v) is 8.83. The van der Waals surface area contributed by atoms with E-state index >= 15 is 0 Å². The fourth-order valence-corrected chi connectivity index (χ4v) is 6.41. The molecule has 0 aliphatic carbocycles. The lowest BCUT2D eigenvalue weighted by molar-refractivity contribution is -0.144. The third-order valence-electron chi connectivity index (χ3n) is 8.83. The molecule has 9 heteroatoms. The van der Waals surface area contributed by atoms with Crippen LogP contribution in [-0.4, -0.2) is 69.7 Å². The predicted molar refractivity (Wildman–Crippen MR) is 158 cm³/mol. The second kappa shape index (κ2) is 13.6. The number of rotatable bonds is 12. The molecule has 3 heterocycles. The zero-order chi connectivity index (χ0) is 28.8. The maximum absolute atomic E-state index is 12.7. The molecule has 0 amide bonds. The van der Waals surface area contributed by atoms with Gasteiger partial charge < -0.3 is 20.1 Å². The first-order valence-corrected chi connectivity index (χ1v) is 15.2. The Morgan fingerprint density at radius 2 is 1.90 bits per heavy atom. The molecule has 1 atom stereocenters. The Balaban J connectivity index is 1.25. The van der Waals surface area contributed by atoms with Crippen LogP contribution < -0.4 is 5.32 Å². The number of benzene rings is 2. The van der Waals surface area contributed by atoms with Crippen molar-refractivity contribution in [3.63, 3.8) is 0 Å². The number of carbonyl (C=O) groups is 2. The second-order valence-electron chi connectivity index (χ2n) is 11.5. The number of aliphatic carboxylic acids is 1. The van der Waals surface area contributed by atoms with E-state index < -0.39 is 5.97 Å². The third kappa shape index (κ3) is 6.96. The summed E-state index contributed by atoms with van der Waals surface area (Å²) in [5, 5.41) is 21.7. The molecule has 41 heavy (non-hydrogen) atoms. The molecule has 2 aromatic carbocycles. The maximum Gasteiger partial charge on any atom is 0.306 e. The number of carbonyl (C=O) groups excluding carboxylic acids is 1. The number of aromatic nitrogens is 3. The molecule has 2 aliphatic heterocycles. The van der Waals surface area contributed by atoms with Crippen LogP contribution in [0.1, 0.15) is 79.2 Å².